The van der Waals surface area contributed by atoms with E-state index >= 15 is 0 Å². The summed E-state index contributed by atoms with van der Waals surface area (Å²) < 4.78 is 13.4. The number of para-hydroxylation sites is 2. The van der Waals surface area contributed by atoms with E-state index in [4.69, 9.17) is 8.83 Å². The number of rotatable bonds is 6. The monoisotopic (exact) mass is 820 g/mol. The Balaban J connectivity index is 0.923. The third-order valence-corrected chi connectivity index (χ3v) is 13.2. The van der Waals surface area contributed by atoms with Gasteiger partial charge in [-0.3, -0.25) is 0 Å². The second-order valence-electron chi connectivity index (χ2n) is 17.0. The van der Waals surface area contributed by atoms with Gasteiger partial charge in [0.15, 0.2) is 0 Å². The lowest BCUT2D eigenvalue weighted by Crippen LogP contribution is -2.11. The van der Waals surface area contributed by atoms with Gasteiger partial charge in [-0.15, -0.1) is 0 Å². The lowest BCUT2D eigenvalue weighted by molar-refractivity contribution is 0.656. The summed E-state index contributed by atoms with van der Waals surface area (Å²) in [5, 5.41) is 13.7. The number of aryl methyl sites for hydroxylation is 2. The normalized spacial score (nSPS) is 11.9. The maximum Gasteiger partial charge on any atom is 0.139 e. The van der Waals surface area contributed by atoms with Crippen LogP contribution in [0.2, 0.25) is 0 Å². The van der Waals surface area contributed by atoms with Crippen molar-refractivity contribution in [3.8, 4) is 0 Å². The molecule has 64 heavy (non-hydrogen) atoms. The van der Waals surface area contributed by atoms with E-state index < -0.39 is 0 Å². The van der Waals surface area contributed by atoms with Gasteiger partial charge in [0, 0.05) is 61.1 Å². The predicted octanol–water partition coefficient (Wildman–Crippen LogP) is 17.7. The molecule has 0 aliphatic rings. The van der Waals surface area contributed by atoms with E-state index in [1.165, 1.54) is 32.7 Å². The van der Waals surface area contributed by atoms with Gasteiger partial charge in [-0.05, 0) is 136 Å². The maximum absolute atomic E-state index is 6.68. The molecule has 0 saturated carbocycles. The molecular formula is C60H40N2O2. The number of anilines is 6. The van der Waals surface area contributed by atoms with E-state index in [1.54, 1.807) is 0 Å². The third kappa shape index (κ3) is 5.69. The van der Waals surface area contributed by atoms with Crippen molar-refractivity contribution in [2.24, 2.45) is 0 Å². The Hall–Kier alpha value is -8.34. The topological polar surface area (TPSA) is 32.8 Å². The second kappa shape index (κ2) is 14.1. The van der Waals surface area contributed by atoms with Gasteiger partial charge in [-0.25, -0.2) is 0 Å². The summed E-state index contributed by atoms with van der Waals surface area (Å²) in [5.41, 5.74) is 12.5. The van der Waals surface area contributed by atoms with Crippen LogP contribution >= 0.6 is 0 Å². The average molecular weight is 821 g/mol. The summed E-state index contributed by atoms with van der Waals surface area (Å²) >= 11 is 0. The molecule has 2 heterocycles. The van der Waals surface area contributed by atoms with Crippen LogP contribution in [0.25, 0.3) is 87.0 Å². The number of fused-ring (bicyclic) bond motifs is 10. The molecule has 13 aromatic rings. The highest BCUT2D eigenvalue weighted by molar-refractivity contribution is 6.19. The van der Waals surface area contributed by atoms with Gasteiger partial charge in [-0.2, -0.15) is 0 Å². The first-order valence-electron chi connectivity index (χ1n) is 21.9. The van der Waals surface area contributed by atoms with Gasteiger partial charge in [-0.1, -0.05) is 121 Å². The van der Waals surface area contributed by atoms with Gasteiger partial charge >= 0.3 is 0 Å². The Labute approximate surface area is 369 Å². The molecule has 0 spiro atoms. The van der Waals surface area contributed by atoms with Crippen LogP contribution in [0, 0.1) is 13.8 Å². The Kier molecular flexibility index (Phi) is 8.00. The quantitative estimate of drug-likeness (QED) is 0.167. The minimum atomic E-state index is 0.810. The number of hydrogen-bond donors (Lipinski definition) is 0. The van der Waals surface area contributed by atoms with Crippen LogP contribution in [0.15, 0.2) is 215 Å². The summed E-state index contributed by atoms with van der Waals surface area (Å²) in [6.45, 7) is 4.36. The van der Waals surface area contributed by atoms with Gasteiger partial charge < -0.3 is 18.6 Å². The molecule has 0 bridgehead atoms. The minimum absolute atomic E-state index is 0.810. The van der Waals surface area contributed by atoms with Crippen molar-refractivity contribution < 1.29 is 8.83 Å². The Bertz CT molecular complexity index is 3760. The maximum atomic E-state index is 6.68. The smallest absolute Gasteiger partial charge is 0.139 e. The molecule has 11 aromatic carbocycles. The van der Waals surface area contributed by atoms with Gasteiger partial charge in [0.25, 0.3) is 0 Å². The standard InChI is InChI=1S/C60H40N2O2/c1-37-13-3-9-21-53(37)61(55-23-11-17-39-15-5-7-19-47(39)55)45-27-25-41-31-49-51-35-52-50-32-42-26-28-46(30-44(42)34-58(50)64-60(52)36-59(51)63-57(49)33-43(41)29-45)62(54-22-10-4-14-38(54)2)56-24-12-18-40-16-6-8-20-48(40)56/h3-36H,1-2H3. The van der Waals surface area contributed by atoms with Crippen molar-refractivity contribution in [1.82, 2.24) is 0 Å². The zero-order valence-electron chi connectivity index (χ0n) is 35.3. The SMILES string of the molecule is Cc1ccccc1N(c1ccc2cc3c(cc2c1)oc1cc2oc4cc5cc(N(c6ccccc6C)c6cccc7ccccc67)ccc5cc4c2cc13)c1cccc2ccccc12. The van der Waals surface area contributed by atoms with Gasteiger partial charge in [0.05, 0.1) is 11.4 Å². The highest BCUT2D eigenvalue weighted by atomic mass is 16.3. The molecule has 0 N–H and O–H groups in total. The zero-order valence-corrected chi connectivity index (χ0v) is 35.3. The lowest BCUT2D eigenvalue weighted by Gasteiger charge is -2.28. The van der Waals surface area contributed by atoms with E-state index in [-0.39, 0.29) is 0 Å². The summed E-state index contributed by atoms with van der Waals surface area (Å²) in [6, 6.07) is 74.3. The molecule has 0 atom stereocenters. The molecule has 0 amide bonds. The van der Waals surface area contributed by atoms with Crippen LogP contribution in [0.4, 0.5) is 34.1 Å². The highest BCUT2D eigenvalue weighted by Gasteiger charge is 2.21. The van der Waals surface area contributed by atoms with Crippen molar-refractivity contribution in [2.45, 2.75) is 13.8 Å². The molecule has 4 nitrogen and oxygen atoms in total. The minimum Gasteiger partial charge on any atom is -0.456 e. The summed E-state index contributed by atoms with van der Waals surface area (Å²) in [7, 11) is 0. The van der Waals surface area contributed by atoms with Crippen LogP contribution in [0.3, 0.4) is 0 Å². The first-order valence-corrected chi connectivity index (χ1v) is 21.9. The van der Waals surface area contributed by atoms with Crippen LogP contribution in [-0.2, 0) is 0 Å². The largest absolute Gasteiger partial charge is 0.456 e. The second-order valence-corrected chi connectivity index (χ2v) is 17.0. The molecule has 0 saturated heterocycles. The fourth-order valence-electron chi connectivity index (χ4n) is 10.0. The van der Waals surface area contributed by atoms with Crippen LogP contribution < -0.4 is 9.80 Å². The fourth-order valence-corrected chi connectivity index (χ4v) is 10.0. The Morgan fingerprint density at radius 3 is 1.14 bits per heavy atom. The number of nitrogens with zero attached hydrogens (tertiary/aromatic N) is 2. The summed E-state index contributed by atoms with van der Waals surface area (Å²) in [5.74, 6) is 0. The molecule has 0 fully saturated rings. The average Bonchev–Trinajstić information content (AvgIpc) is 3.86. The molecular weight excluding hydrogens is 781 g/mol. The van der Waals surface area contributed by atoms with Crippen LogP contribution in [-0.4, -0.2) is 0 Å². The number of furan rings is 2. The zero-order chi connectivity index (χ0) is 42.5. The van der Waals surface area contributed by atoms with Gasteiger partial charge in [0.2, 0.25) is 0 Å². The summed E-state index contributed by atoms with van der Waals surface area (Å²) in [4.78, 5) is 4.77. The fraction of sp³-hybridized carbons (Fsp3) is 0.0333. The van der Waals surface area contributed by atoms with Gasteiger partial charge in [0.1, 0.15) is 22.3 Å². The molecule has 0 aliphatic heterocycles. The van der Waals surface area contributed by atoms with E-state index in [1.807, 2.05) is 0 Å². The highest BCUT2D eigenvalue weighted by Crippen LogP contribution is 2.45. The van der Waals surface area contributed by atoms with Crippen LogP contribution in [0.1, 0.15) is 11.1 Å². The summed E-state index contributed by atoms with van der Waals surface area (Å²) in [6.07, 6.45) is 0. The first kappa shape index (κ1) is 36.3. The predicted molar refractivity (Wildman–Crippen MR) is 270 cm³/mol. The molecule has 0 radical (unpaired) electrons. The molecule has 0 unspecified atom stereocenters. The van der Waals surface area contributed by atoms with E-state index in [2.05, 4.69) is 230 Å². The van der Waals surface area contributed by atoms with Crippen molar-refractivity contribution in [1.29, 1.82) is 0 Å². The Morgan fingerprint density at radius 2 is 0.656 bits per heavy atom. The van der Waals surface area contributed by atoms with Crippen molar-refractivity contribution >= 4 is 121 Å². The molecule has 2 aromatic heterocycles. The first-order chi connectivity index (χ1) is 31.5. The van der Waals surface area contributed by atoms with Crippen molar-refractivity contribution in [3.05, 3.63) is 217 Å². The molecule has 13 rings (SSSR count). The Morgan fingerprint density at radius 1 is 0.266 bits per heavy atom. The molecule has 302 valence electrons. The van der Waals surface area contributed by atoms with E-state index in [0.717, 1.165) is 99.5 Å². The number of hydrogen-bond acceptors (Lipinski definition) is 4. The van der Waals surface area contributed by atoms with Crippen molar-refractivity contribution in [2.75, 3.05) is 9.80 Å². The van der Waals surface area contributed by atoms with Crippen molar-refractivity contribution in [3.63, 3.8) is 0 Å². The third-order valence-electron chi connectivity index (χ3n) is 13.2. The molecule has 4 heteroatoms. The molecule has 0 aliphatic carbocycles. The van der Waals surface area contributed by atoms with E-state index in [0.29, 0.717) is 0 Å². The number of benzene rings is 11. The van der Waals surface area contributed by atoms with Crippen LogP contribution in [0.5, 0.6) is 0 Å². The lowest BCUT2D eigenvalue weighted by atomic mass is 10.0. The van der Waals surface area contributed by atoms with E-state index in [9.17, 15) is 0 Å².